The number of nitrogen functional groups attached to an aromatic ring is 1. The maximum Gasteiger partial charge on any atom is 0.263 e. The van der Waals surface area contributed by atoms with Crippen molar-refractivity contribution in [3.05, 3.63) is 47.7 Å². The van der Waals surface area contributed by atoms with Gasteiger partial charge >= 0.3 is 0 Å². The fourth-order valence-corrected chi connectivity index (χ4v) is 2.66. The Morgan fingerprint density at radius 1 is 1.25 bits per heavy atom. The first-order chi connectivity index (χ1) is 9.61. The summed E-state index contributed by atoms with van der Waals surface area (Å²) in [6.45, 7) is 1.86. The van der Waals surface area contributed by atoms with Gasteiger partial charge in [-0.1, -0.05) is 12.1 Å². The highest BCUT2D eigenvalue weighted by atomic mass is 32.2. The van der Waals surface area contributed by atoms with Crippen molar-refractivity contribution >= 4 is 28.7 Å². The molecular weight excluding hydrogens is 272 g/mol. The molecule has 0 aliphatic carbocycles. The smallest absolute Gasteiger partial charge is 0.263 e. The van der Waals surface area contributed by atoms with E-state index >= 15 is 0 Å². The van der Waals surface area contributed by atoms with Crippen molar-refractivity contribution in [3.63, 3.8) is 0 Å². The van der Waals surface area contributed by atoms with Crippen LogP contribution in [0.5, 0.6) is 0 Å². The average Bonchev–Trinajstić information content (AvgIpc) is 2.79. The van der Waals surface area contributed by atoms with E-state index in [-0.39, 0.29) is 5.84 Å². The molecule has 5 nitrogen and oxygen atoms in total. The van der Waals surface area contributed by atoms with Gasteiger partial charge in [-0.2, -0.15) is 0 Å². The largest absolute Gasteiger partial charge is 0.431 e. The summed E-state index contributed by atoms with van der Waals surface area (Å²) in [5.41, 5.74) is 8.52. The minimum Gasteiger partial charge on any atom is -0.431 e. The van der Waals surface area contributed by atoms with E-state index in [9.17, 15) is 0 Å². The van der Waals surface area contributed by atoms with E-state index < -0.39 is 0 Å². The van der Waals surface area contributed by atoms with Gasteiger partial charge in [-0.25, -0.2) is 9.97 Å². The second-order valence-corrected chi connectivity index (χ2v) is 5.27. The molecule has 0 unspecified atom stereocenters. The Hall–Kier alpha value is -2.34. The normalized spacial score (nSPS) is 10.8. The van der Waals surface area contributed by atoms with Gasteiger partial charge in [0.25, 0.3) is 5.22 Å². The Bertz CT molecular complexity index is 764. The third-order valence-electron chi connectivity index (χ3n) is 2.71. The molecule has 3 aromatic rings. The van der Waals surface area contributed by atoms with E-state index in [1.54, 1.807) is 12.1 Å². The van der Waals surface area contributed by atoms with Crippen molar-refractivity contribution in [1.82, 2.24) is 9.97 Å². The highest BCUT2D eigenvalue weighted by Gasteiger charge is 2.10. The van der Waals surface area contributed by atoms with Gasteiger partial charge < -0.3 is 10.2 Å². The van der Waals surface area contributed by atoms with Crippen LogP contribution in [0.15, 0.2) is 51.1 Å². The molecule has 20 heavy (non-hydrogen) atoms. The Morgan fingerprint density at radius 3 is 2.80 bits per heavy atom. The predicted octanol–water partition coefficient (Wildman–Crippen LogP) is 2.97. The number of aromatic nitrogens is 2. The molecule has 0 spiro atoms. The fraction of sp³-hybridized carbons (Fsp3) is 0.0714. The molecule has 1 aromatic carbocycles. The van der Waals surface area contributed by atoms with Gasteiger partial charge in [-0.05, 0) is 43.0 Å². The summed E-state index contributed by atoms with van der Waals surface area (Å²) >= 11 is 1.32. The molecule has 6 heteroatoms. The molecule has 0 radical (unpaired) electrons. The summed E-state index contributed by atoms with van der Waals surface area (Å²) in [5, 5.41) is 8.73. The molecule has 0 saturated heterocycles. The van der Waals surface area contributed by atoms with Crippen LogP contribution in [-0.4, -0.2) is 15.8 Å². The van der Waals surface area contributed by atoms with Crippen molar-refractivity contribution in [3.8, 4) is 0 Å². The standard InChI is InChI=1S/C14H12N4OS/c1-8-6-9(13(15)16)7-12(17-8)20-14-18-10-4-2-3-5-11(10)19-14/h2-7H,1H3,(H3,15,16). The number of benzene rings is 1. The number of para-hydroxylation sites is 2. The van der Waals surface area contributed by atoms with Gasteiger partial charge in [0.05, 0.1) is 0 Å². The van der Waals surface area contributed by atoms with Crippen molar-refractivity contribution in [2.45, 2.75) is 17.2 Å². The molecule has 0 fully saturated rings. The van der Waals surface area contributed by atoms with Crippen molar-refractivity contribution in [2.24, 2.45) is 5.73 Å². The van der Waals surface area contributed by atoms with Crippen molar-refractivity contribution in [2.75, 3.05) is 0 Å². The van der Waals surface area contributed by atoms with Gasteiger partial charge in [0, 0.05) is 11.3 Å². The number of oxazole rings is 1. The SMILES string of the molecule is Cc1cc(C(=N)N)cc(Sc2nc3ccccc3o2)n1. The summed E-state index contributed by atoms with van der Waals surface area (Å²) in [4.78, 5) is 8.78. The first kappa shape index (κ1) is 12.7. The molecular formula is C14H12N4OS. The minimum absolute atomic E-state index is 0.0231. The van der Waals surface area contributed by atoms with Crippen LogP contribution in [0.25, 0.3) is 11.1 Å². The summed E-state index contributed by atoms with van der Waals surface area (Å²) in [6, 6.07) is 11.1. The average molecular weight is 284 g/mol. The summed E-state index contributed by atoms with van der Waals surface area (Å²) in [7, 11) is 0. The number of aryl methyl sites for hydroxylation is 1. The van der Waals surface area contributed by atoms with Crippen LogP contribution in [0.3, 0.4) is 0 Å². The zero-order valence-electron chi connectivity index (χ0n) is 10.8. The van der Waals surface area contributed by atoms with Gasteiger partial charge in [0.1, 0.15) is 16.4 Å². The third kappa shape index (κ3) is 2.50. The summed E-state index contributed by atoms with van der Waals surface area (Å²) in [5.74, 6) is 0.0231. The predicted molar refractivity (Wildman–Crippen MR) is 78.1 cm³/mol. The molecule has 0 aliphatic rings. The lowest BCUT2D eigenvalue weighted by atomic mass is 10.2. The van der Waals surface area contributed by atoms with E-state index in [1.165, 1.54) is 11.8 Å². The van der Waals surface area contributed by atoms with E-state index in [0.29, 0.717) is 15.8 Å². The quantitative estimate of drug-likeness (QED) is 0.570. The number of fused-ring (bicyclic) bond motifs is 1. The van der Waals surface area contributed by atoms with Crippen LogP contribution >= 0.6 is 11.8 Å². The van der Waals surface area contributed by atoms with Gasteiger partial charge in [0.15, 0.2) is 5.58 Å². The number of nitrogens with one attached hydrogen (secondary N) is 1. The molecule has 0 aliphatic heterocycles. The summed E-state index contributed by atoms with van der Waals surface area (Å²) in [6.07, 6.45) is 0. The van der Waals surface area contributed by atoms with Gasteiger partial charge in [-0.15, -0.1) is 0 Å². The van der Waals surface area contributed by atoms with Crippen molar-refractivity contribution < 1.29 is 4.42 Å². The summed E-state index contributed by atoms with van der Waals surface area (Å²) < 4.78 is 5.64. The first-order valence-electron chi connectivity index (χ1n) is 5.98. The number of pyridine rings is 1. The number of nitrogens with zero attached hydrogens (tertiary/aromatic N) is 2. The maximum atomic E-state index is 7.50. The molecule has 0 bridgehead atoms. The topological polar surface area (TPSA) is 88.8 Å². The van der Waals surface area contributed by atoms with E-state index in [2.05, 4.69) is 9.97 Å². The Labute approximate surface area is 119 Å². The van der Waals surface area contributed by atoms with Gasteiger partial charge in [0.2, 0.25) is 0 Å². The van der Waals surface area contributed by atoms with E-state index in [0.717, 1.165) is 16.8 Å². The second kappa shape index (κ2) is 4.97. The molecule has 3 rings (SSSR count). The molecule has 3 N–H and O–H groups in total. The molecule has 2 heterocycles. The van der Waals surface area contributed by atoms with Crippen LogP contribution in [0.4, 0.5) is 0 Å². The highest BCUT2D eigenvalue weighted by molar-refractivity contribution is 7.99. The van der Waals surface area contributed by atoms with Gasteiger partial charge in [-0.3, -0.25) is 5.41 Å². The van der Waals surface area contributed by atoms with Crippen LogP contribution in [-0.2, 0) is 0 Å². The lowest BCUT2D eigenvalue weighted by Gasteiger charge is -2.03. The number of hydrogen-bond donors (Lipinski definition) is 2. The minimum atomic E-state index is 0.0231. The molecule has 2 aromatic heterocycles. The molecule has 0 amide bonds. The van der Waals surface area contributed by atoms with Crippen LogP contribution < -0.4 is 5.73 Å². The molecule has 0 saturated carbocycles. The zero-order valence-corrected chi connectivity index (χ0v) is 11.6. The fourth-order valence-electron chi connectivity index (χ4n) is 1.83. The second-order valence-electron chi connectivity index (χ2n) is 4.30. The highest BCUT2D eigenvalue weighted by Crippen LogP contribution is 2.29. The lowest BCUT2D eigenvalue weighted by Crippen LogP contribution is -2.11. The third-order valence-corrected chi connectivity index (χ3v) is 3.47. The van der Waals surface area contributed by atoms with E-state index in [4.69, 9.17) is 15.6 Å². The number of nitrogens with two attached hydrogens (primary N) is 1. The maximum absolute atomic E-state index is 7.50. The Morgan fingerprint density at radius 2 is 2.05 bits per heavy atom. The van der Waals surface area contributed by atoms with Crippen LogP contribution in [0, 0.1) is 12.3 Å². The zero-order chi connectivity index (χ0) is 14.1. The van der Waals surface area contributed by atoms with Crippen molar-refractivity contribution in [1.29, 1.82) is 5.41 Å². The number of amidine groups is 1. The van der Waals surface area contributed by atoms with E-state index in [1.807, 2.05) is 31.2 Å². The first-order valence-corrected chi connectivity index (χ1v) is 6.80. The monoisotopic (exact) mass is 284 g/mol. The van der Waals surface area contributed by atoms with Crippen LogP contribution in [0.2, 0.25) is 0 Å². The number of hydrogen-bond acceptors (Lipinski definition) is 5. The Balaban J connectivity index is 1.96. The molecule has 0 atom stereocenters. The lowest BCUT2D eigenvalue weighted by molar-refractivity contribution is 0.489. The van der Waals surface area contributed by atoms with Crippen LogP contribution in [0.1, 0.15) is 11.3 Å². The number of rotatable bonds is 3. The Kier molecular flexibility index (Phi) is 3.15. The molecule has 100 valence electrons.